The van der Waals surface area contributed by atoms with Crippen molar-refractivity contribution in [2.24, 2.45) is 0 Å². The molecule has 3 aromatic rings. The van der Waals surface area contributed by atoms with Gasteiger partial charge in [0.25, 0.3) is 15.7 Å². The van der Waals surface area contributed by atoms with Crippen LogP contribution >= 0.6 is 11.6 Å². The van der Waals surface area contributed by atoms with Crippen LogP contribution < -0.4 is 14.4 Å². The van der Waals surface area contributed by atoms with Gasteiger partial charge in [-0.15, -0.1) is 0 Å². The van der Waals surface area contributed by atoms with Gasteiger partial charge in [-0.3, -0.25) is 19.2 Å². The molecule has 0 aliphatic heterocycles. The molecule has 0 spiro atoms. The van der Waals surface area contributed by atoms with Crippen LogP contribution in [0.2, 0.25) is 5.02 Å². The topological polar surface area (TPSA) is 119 Å². The average molecular weight is 490 g/mol. The molecule has 0 bridgehead atoms. The van der Waals surface area contributed by atoms with Crippen LogP contribution in [0, 0.1) is 17.0 Å². The summed E-state index contributed by atoms with van der Waals surface area (Å²) < 4.78 is 33.0. The number of nitrogens with zero attached hydrogens (tertiary/aromatic N) is 2. The zero-order chi connectivity index (χ0) is 24.2. The van der Waals surface area contributed by atoms with Crippen molar-refractivity contribution in [1.82, 2.24) is 0 Å². The van der Waals surface area contributed by atoms with Gasteiger partial charge in [0, 0.05) is 22.3 Å². The van der Waals surface area contributed by atoms with Gasteiger partial charge < -0.3 is 10.1 Å². The molecule has 0 aliphatic rings. The predicted octanol–water partition coefficient (Wildman–Crippen LogP) is 4.40. The van der Waals surface area contributed by atoms with Gasteiger partial charge in [0.2, 0.25) is 5.91 Å². The maximum absolute atomic E-state index is 13.5. The Morgan fingerprint density at radius 1 is 1.09 bits per heavy atom. The molecule has 0 aromatic heterocycles. The van der Waals surface area contributed by atoms with E-state index >= 15 is 0 Å². The number of methoxy groups -OCH3 is 1. The summed E-state index contributed by atoms with van der Waals surface area (Å²) in [4.78, 5) is 23.1. The van der Waals surface area contributed by atoms with Crippen LogP contribution in [0.1, 0.15) is 5.56 Å². The van der Waals surface area contributed by atoms with Crippen molar-refractivity contribution in [3.63, 3.8) is 0 Å². The van der Waals surface area contributed by atoms with Gasteiger partial charge in [-0.05, 0) is 61.5 Å². The summed E-state index contributed by atoms with van der Waals surface area (Å²) in [6.45, 7) is 0.939. The highest BCUT2D eigenvalue weighted by Gasteiger charge is 2.29. The fraction of sp³-hybridized carbons (Fsp3) is 0.136. The van der Waals surface area contributed by atoms with Gasteiger partial charge in [-0.2, -0.15) is 0 Å². The van der Waals surface area contributed by atoms with Gasteiger partial charge in [-0.1, -0.05) is 17.7 Å². The lowest BCUT2D eigenvalue weighted by Crippen LogP contribution is -2.38. The third-order valence-electron chi connectivity index (χ3n) is 4.74. The van der Waals surface area contributed by atoms with Gasteiger partial charge >= 0.3 is 0 Å². The summed E-state index contributed by atoms with van der Waals surface area (Å²) in [5.74, 6) is -0.119. The number of hydrogen-bond donors (Lipinski definition) is 1. The number of ether oxygens (including phenoxy) is 1. The van der Waals surface area contributed by atoms with Gasteiger partial charge in [0.05, 0.1) is 22.6 Å². The van der Waals surface area contributed by atoms with Gasteiger partial charge in [0.1, 0.15) is 12.3 Å². The van der Waals surface area contributed by atoms with E-state index < -0.39 is 27.4 Å². The zero-order valence-electron chi connectivity index (χ0n) is 17.7. The Balaban J connectivity index is 2.00. The number of carbonyl (C=O) groups is 1. The van der Waals surface area contributed by atoms with Crippen LogP contribution in [0.25, 0.3) is 0 Å². The maximum Gasteiger partial charge on any atom is 0.273 e. The second-order valence-corrected chi connectivity index (χ2v) is 9.27. The first kappa shape index (κ1) is 24.0. The number of nitrogens with one attached hydrogen (secondary N) is 1. The monoisotopic (exact) mass is 489 g/mol. The summed E-state index contributed by atoms with van der Waals surface area (Å²) >= 11 is 5.85. The third-order valence-corrected chi connectivity index (χ3v) is 6.76. The van der Waals surface area contributed by atoms with E-state index in [0.717, 1.165) is 10.4 Å². The SMILES string of the molecule is COc1ccc(N(CC(=O)Nc2ccc(Cl)cc2)S(=O)(=O)c2ccc(C)c([N+](=O)[O-])c2)cc1. The highest BCUT2D eigenvalue weighted by atomic mass is 35.5. The molecule has 1 amide bonds. The standard InChI is InChI=1S/C22H20ClN3O6S/c1-15-3-12-20(13-21(15)26(28)29)33(30,31)25(18-8-10-19(32-2)11-9-18)14-22(27)24-17-6-4-16(23)5-7-17/h3-13H,14H2,1-2H3,(H,24,27). The Kier molecular flexibility index (Phi) is 7.19. The van der Waals surface area contributed by atoms with Crippen molar-refractivity contribution in [2.75, 3.05) is 23.3 Å². The number of nitro benzene ring substituents is 1. The minimum atomic E-state index is -4.33. The lowest BCUT2D eigenvalue weighted by Gasteiger charge is -2.24. The summed E-state index contributed by atoms with van der Waals surface area (Å²) in [5.41, 5.74) is 0.597. The third kappa shape index (κ3) is 5.60. The van der Waals surface area contributed by atoms with Crippen LogP contribution in [0.5, 0.6) is 5.75 Å². The molecule has 3 rings (SSSR count). The van der Waals surface area contributed by atoms with E-state index in [0.29, 0.717) is 22.0 Å². The maximum atomic E-state index is 13.5. The molecular formula is C22H20ClN3O6S. The Labute approximate surface area is 195 Å². The van der Waals surface area contributed by atoms with E-state index in [-0.39, 0.29) is 16.3 Å². The number of anilines is 2. The fourth-order valence-electron chi connectivity index (χ4n) is 3.00. The van der Waals surface area contributed by atoms with E-state index in [4.69, 9.17) is 16.3 Å². The minimum absolute atomic E-state index is 0.185. The first-order valence-electron chi connectivity index (χ1n) is 9.59. The summed E-state index contributed by atoms with van der Waals surface area (Å²) in [6.07, 6.45) is 0. The molecule has 0 radical (unpaired) electrons. The molecule has 172 valence electrons. The largest absolute Gasteiger partial charge is 0.497 e. The minimum Gasteiger partial charge on any atom is -0.497 e. The Bertz CT molecular complexity index is 1280. The molecular weight excluding hydrogens is 470 g/mol. The number of hydrogen-bond acceptors (Lipinski definition) is 6. The predicted molar refractivity (Wildman–Crippen MR) is 125 cm³/mol. The van der Waals surface area contributed by atoms with Crippen molar-refractivity contribution in [3.05, 3.63) is 87.4 Å². The number of rotatable bonds is 8. The molecule has 0 atom stereocenters. The average Bonchev–Trinajstić information content (AvgIpc) is 2.79. The first-order chi connectivity index (χ1) is 15.6. The van der Waals surface area contributed by atoms with Crippen LogP contribution in [0.3, 0.4) is 0 Å². The number of nitro groups is 1. The van der Waals surface area contributed by atoms with Crippen molar-refractivity contribution in [2.45, 2.75) is 11.8 Å². The smallest absolute Gasteiger partial charge is 0.273 e. The zero-order valence-corrected chi connectivity index (χ0v) is 19.3. The van der Waals surface area contributed by atoms with E-state index in [1.54, 1.807) is 36.4 Å². The molecule has 0 saturated heterocycles. The van der Waals surface area contributed by atoms with Gasteiger partial charge in [-0.25, -0.2) is 8.42 Å². The van der Waals surface area contributed by atoms with E-state index in [9.17, 15) is 23.3 Å². The molecule has 0 fully saturated rings. The van der Waals surface area contributed by atoms with Crippen molar-refractivity contribution < 1.29 is 22.9 Å². The summed E-state index contributed by atoms with van der Waals surface area (Å²) in [7, 11) is -2.87. The molecule has 33 heavy (non-hydrogen) atoms. The number of benzene rings is 3. The molecule has 9 nitrogen and oxygen atoms in total. The second-order valence-electron chi connectivity index (χ2n) is 6.97. The number of aryl methyl sites for hydroxylation is 1. The van der Waals surface area contributed by atoms with Gasteiger partial charge in [0.15, 0.2) is 0 Å². The number of sulfonamides is 1. The van der Waals surface area contributed by atoms with E-state index in [1.165, 1.54) is 38.3 Å². The van der Waals surface area contributed by atoms with Crippen LogP contribution in [-0.2, 0) is 14.8 Å². The summed E-state index contributed by atoms with van der Waals surface area (Å²) in [5, 5.41) is 14.4. The lowest BCUT2D eigenvalue weighted by atomic mass is 10.2. The molecule has 0 saturated carbocycles. The number of halogens is 1. The van der Waals surface area contributed by atoms with Crippen molar-refractivity contribution in [3.8, 4) is 5.75 Å². The molecule has 3 aromatic carbocycles. The van der Waals surface area contributed by atoms with Crippen molar-refractivity contribution >= 4 is 44.6 Å². The van der Waals surface area contributed by atoms with E-state index in [2.05, 4.69) is 5.32 Å². The molecule has 11 heteroatoms. The quantitative estimate of drug-likeness (QED) is 0.370. The second kappa shape index (κ2) is 9.88. The van der Waals surface area contributed by atoms with Crippen molar-refractivity contribution in [1.29, 1.82) is 0 Å². The molecule has 0 aliphatic carbocycles. The van der Waals surface area contributed by atoms with Crippen LogP contribution in [0.4, 0.5) is 17.1 Å². The lowest BCUT2D eigenvalue weighted by molar-refractivity contribution is -0.385. The molecule has 0 heterocycles. The fourth-order valence-corrected chi connectivity index (χ4v) is 4.57. The first-order valence-corrected chi connectivity index (χ1v) is 11.4. The number of amides is 1. The summed E-state index contributed by atoms with van der Waals surface area (Å²) in [6, 6.07) is 16.0. The van der Waals surface area contributed by atoms with E-state index in [1.807, 2.05) is 0 Å². The normalized spacial score (nSPS) is 11.0. The highest BCUT2D eigenvalue weighted by molar-refractivity contribution is 7.92. The molecule has 1 N–H and O–H groups in total. The van der Waals surface area contributed by atoms with Crippen LogP contribution in [0.15, 0.2) is 71.6 Å². The number of carbonyl (C=O) groups excluding carboxylic acids is 1. The Hall–Kier alpha value is -3.63. The Morgan fingerprint density at radius 3 is 2.30 bits per heavy atom. The van der Waals surface area contributed by atoms with Crippen LogP contribution in [-0.4, -0.2) is 32.9 Å². The molecule has 0 unspecified atom stereocenters. The Morgan fingerprint density at radius 2 is 1.73 bits per heavy atom. The highest BCUT2D eigenvalue weighted by Crippen LogP contribution is 2.29.